The van der Waals surface area contributed by atoms with E-state index in [0.29, 0.717) is 18.5 Å². The fourth-order valence-corrected chi connectivity index (χ4v) is 3.52. The van der Waals surface area contributed by atoms with Gasteiger partial charge in [-0.1, -0.05) is 19.9 Å². The number of nitrogens with one attached hydrogen (secondary N) is 1. The van der Waals surface area contributed by atoms with E-state index in [2.05, 4.69) is 41.6 Å². The summed E-state index contributed by atoms with van der Waals surface area (Å²) in [6, 6.07) is 4.58. The highest BCUT2D eigenvalue weighted by atomic mass is 32.1. The van der Waals surface area contributed by atoms with Crippen LogP contribution in [0.4, 0.5) is 0 Å². The number of morpholine rings is 1. The van der Waals surface area contributed by atoms with Gasteiger partial charge in [-0.15, -0.1) is 11.3 Å². The van der Waals surface area contributed by atoms with Crippen LogP contribution in [0.15, 0.2) is 17.5 Å². The van der Waals surface area contributed by atoms with E-state index in [4.69, 9.17) is 4.74 Å². The Kier molecular flexibility index (Phi) is 6.45. The van der Waals surface area contributed by atoms with Crippen molar-refractivity contribution in [2.45, 2.75) is 26.0 Å². The molecule has 1 fully saturated rings. The van der Waals surface area contributed by atoms with Gasteiger partial charge < -0.3 is 15.2 Å². The molecule has 0 spiro atoms. The van der Waals surface area contributed by atoms with E-state index < -0.39 is 0 Å². The molecular weight excluding hydrogens is 272 g/mol. The number of hydrogen-bond acceptors (Lipinski definition) is 5. The van der Waals surface area contributed by atoms with Gasteiger partial charge >= 0.3 is 0 Å². The van der Waals surface area contributed by atoms with E-state index in [1.54, 1.807) is 11.3 Å². The second-order valence-corrected chi connectivity index (χ2v) is 6.69. The van der Waals surface area contributed by atoms with E-state index in [1.807, 2.05) is 0 Å². The van der Waals surface area contributed by atoms with Gasteiger partial charge in [0.15, 0.2) is 0 Å². The monoisotopic (exact) mass is 298 g/mol. The fraction of sp³-hybridized carbons (Fsp3) is 0.733. The van der Waals surface area contributed by atoms with Gasteiger partial charge in [-0.2, -0.15) is 0 Å². The maximum absolute atomic E-state index is 10.2. The number of thiophene rings is 1. The van der Waals surface area contributed by atoms with Crippen molar-refractivity contribution in [2.24, 2.45) is 5.92 Å². The molecule has 2 unspecified atom stereocenters. The van der Waals surface area contributed by atoms with Crippen LogP contribution in [-0.4, -0.2) is 55.5 Å². The highest BCUT2D eigenvalue weighted by Gasteiger charge is 2.19. The third-order valence-electron chi connectivity index (χ3n) is 3.66. The SMILES string of the molecule is CC(C)C(NCC(O)CN1CCOCC1)c1cccs1. The lowest BCUT2D eigenvalue weighted by Crippen LogP contribution is -2.44. The zero-order valence-electron chi connectivity index (χ0n) is 12.4. The minimum atomic E-state index is -0.325. The van der Waals surface area contributed by atoms with E-state index in [-0.39, 0.29) is 6.10 Å². The highest BCUT2D eigenvalue weighted by molar-refractivity contribution is 7.10. The standard InChI is InChI=1S/C15H26N2O2S/c1-12(2)15(14-4-3-9-20-14)16-10-13(18)11-17-5-7-19-8-6-17/h3-4,9,12-13,15-16,18H,5-8,10-11H2,1-2H3. The molecule has 2 heterocycles. The lowest BCUT2D eigenvalue weighted by molar-refractivity contribution is 0.0142. The Bertz CT molecular complexity index is 364. The molecule has 0 aromatic carbocycles. The third-order valence-corrected chi connectivity index (χ3v) is 4.62. The van der Waals surface area contributed by atoms with Crippen molar-refractivity contribution >= 4 is 11.3 Å². The van der Waals surface area contributed by atoms with Gasteiger partial charge in [0.05, 0.1) is 19.3 Å². The van der Waals surface area contributed by atoms with Gasteiger partial charge in [-0.3, -0.25) is 4.90 Å². The molecule has 20 heavy (non-hydrogen) atoms. The predicted molar refractivity (Wildman–Crippen MR) is 83.2 cm³/mol. The molecule has 1 aliphatic heterocycles. The summed E-state index contributed by atoms with van der Waals surface area (Å²) < 4.78 is 5.32. The van der Waals surface area contributed by atoms with Crippen LogP contribution in [0.1, 0.15) is 24.8 Å². The van der Waals surface area contributed by atoms with Gasteiger partial charge in [0, 0.05) is 37.1 Å². The van der Waals surface area contributed by atoms with E-state index in [9.17, 15) is 5.11 Å². The van der Waals surface area contributed by atoms with Crippen LogP contribution in [0.3, 0.4) is 0 Å². The fourth-order valence-electron chi connectivity index (χ4n) is 2.54. The highest BCUT2D eigenvalue weighted by Crippen LogP contribution is 2.25. The average Bonchev–Trinajstić information content (AvgIpc) is 2.93. The van der Waals surface area contributed by atoms with Crippen LogP contribution >= 0.6 is 11.3 Å². The predicted octanol–water partition coefficient (Wildman–Crippen LogP) is 1.73. The normalized spacial score (nSPS) is 20.2. The van der Waals surface area contributed by atoms with Crippen molar-refractivity contribution < 1.29 is 9.84 Å². The largest absolute Gasteiger partial charge is 0.390 e. The molecule has 114 valence electrons. The molecule has 0 amide bonds. The Labute approximate surface area is 125 Å². The number of aliphatic hydroxyl groups excluding tert-OH is 1. The summed E-state index contributed by atoms with van der Waals surface area (Å²) in [4.78, 5) is 3.62. The van der Waals surface area contributed by atoms with Gasteiger partial charge in [-0.05, 0) is 17.4 Å². The zero-order valence-corrected chi connectivity index (χ0v) is 13.2. The molecular formula is C15H26N2O2S. The van der Waals surface area contributed by atoms with E-state index >= 15 is 0 Å². The number of hydrogen-bond donors (Lipinski definition) is 2. The molecule has 1 aromatic heterocycles. The first-order valence-corrected chi connectivity index (χ1v) is 8.29. The number of nitrogens with zero attached hydrogens (tertiary/aromatic N) is 1. The molecule has 2 rings (SSSR count). The van der Waals surface area contributed by atoms with Crippen molar-refractivity contribution in [2.75, 3.05) is 39.4 Å². The molecule has 1 aromatic rings. The van der Waals surface area contributed by atoms with Crippen molar-refractivity contribution in [1.29, 1.82) is 0 Å². The first-order chi connectivity index (χ1) is 9.66. The smallest absolute Gasteiger partial charge is 0.0791 e. The van der Waals surface area contributed by atoms with Crippen LogP contribution in [-0.2, 0) is 4.74 Å². The lowest BCUT2D eigenvalue weighted by atomic mass is 10.0. The Morgan fingerprint density at radius 2 is 2.15 bits per heavy atom. The molecule has 0 bridgehead atoms. The summed E-state index contributed by atoms with van der Waals surface area (Å²) in [5.74, 6) is 0.518. The number of β-amino-alcohol motifs (C(OH)–C–C–N with tert-alkyl or cyclic N) is 1. The molecule has 0 radical (unpaired) electrons. The van der Waals surface area contributed by atoms with Gasteiger partial charge in [-0.25, -0.2) is 0 Å². The van der Waals surface area contributed by atoms with Crippen LogP contribution in [0, 0.1) is 5.92 Å². The first kappa shape index (κ1) is 15.9. The summed E-state index contributed by atoms with van der Waals surface area (Å²) >= 11 is 1.78. The number of ether oxygens (including phenoxy) is 1. The van der Waals surface area contributed by atoms with Crippen molar-refractivity contribution in [3.05, 3.63) is 22.4 Å². The maximum Gasteiger partial charge on any atom is 0.0791 e. The summed E-state index contributed by atoms with van der Waals surface area (Å²) in [7, 11) is 0. The molecule has 5 heteroatoms. The van der Waals surface area contributed by atoms with Gasteiger partial charge in [0.1, 0.15) is 0 Å². The Hall–Kier alpha value is -0.460. The second-order valence-electron chi connectivity index (χ2n) is 5.71. The maximum atomic E-state index is 10.2. The van der Waals surface area contributed by atoms with Crippen LogP contribution in [0.5, 0.6) is 0 Å². The second kappa shape index (κ2) is 8.10. The summed E-state index contributed by atoms with van der Waals surface area (Å²) in [5, 5.41) is 15.8. The Balaban J connectivity index is 1.77. The summed E-state index contributed by atoms with van der Waals surface area (Å²) in [5.41, 5.74) is 0. The summed E-state index contributed by atoms with van der Waals surface area (Å²) in [6.45, 7) is 9.21. The third kappa shape index (κ3) is 4.82. The number of rotatable bonds is 7. The lowest BCUT2D eigenvalue weighted by Gasteiger charge is -2.29. The molecule has 0 saturated carbocycles. The Morgan fingerprint density at radius 3 is 2.75 bits per heavy atom. The van der Waals surface area contributed by atoms with Crippen molar-refractivity contribution in [3.8, 4) is 0 Å². The minimum Gasteiger partial charge on any atom is -0.390 e. The molecule has 1 saturated heterocycles. The minimum absolute atomic E-state index is 0.325. The molecule has 2 atom stereocenters. The topological polar surface area (TPSA) is 44.7 Å². The van der Waals surface area contributed by atoms with E-state index in [0.717, 1.165) is 32.8 Å². The van der Waals surface area contributed by atoms with Crippen LogP contribution in [0.2, 0.25) is 0 Å². The first-order valence-electron chi connectivity index (χ1n) is 7.41. The van der Waals surface area contributed by atoms with Crippen LogP contribution < -0.4 is 5.32 Å². The van der Waals surface area contributed by atoms with Crippen molar-refractivity contribution in [1.82, 2.24) is 10.2 Å². The van der Waals surface area contributed by atoms with Crippen molar-refractivity contribution in [3.63, 3.8) is 0 Å². The van der Waals surface area contributed by atoms with Gasteiger partial charge in [0.2, 0.25) is 0 Å². The molecule has 2 N–H and O–H groups in total. The Morgan fingerprint density at radius 1 is 1.40 bits per heavy atom. The quantitative estimate of drug-likeness (QED) is 0.805. The van der Waals surface area contributed by atoms with Crippen LogP contribution in [0.25, 0.3) is 0 Å². The van der Waals surface area contributed by atoms with Gasteiger partial charge in [0.25, 0.3) is 0 Å². The summed E-state index contributed by atoms with van der Waals surface area (Å²) in [6.07, 6.45) is -0.325. The zero-order chi connectivity index (χ0) is 14.4. The average molecular weight is 298 g/mol. The van der Waals surface area contributed by atoms with E-state index in [1.165, 1.54) is 4.88 Å². The molecule has 1 aliphatic rings. The molecule has 4 nitrogen and oxygen atoms in total. The number of aliphatic hydroxyl groups is 1. The molecule has 0 aliphatic carbocycles.